The van der Waals surface area contributed by atoms with E-state index in [9.17, 15) is 14.3 Å². The Hall–Kier alpha value is -0.760. The molecule has 2 unspecified atom stereocenters. The van der Waals surface area contributed by atoms with Gasteiger partial charge in [0.15, 0.2) is 0 Å². The van der Waals surface area contributed by atoms with E-state index in [4.69, 9.17) is 24.3 Å². The van der Waals surface area contributed by atoms with E-state index in [1.807, 2.05) is 0 Å². The van der Waals surface area contributed by atoms with Gasteiger partial charge < -0.3 is 20.1 Å². The molecule has 0 saturated heterocycles. The van der Waals surface area contributed by atoms with Crippen molar-refractivity contribution in [2.24, 2.45) is 5.73 Å². The van der Waals surface area contributed by atoms with E-state index in [2.05, 4.69) is 26.0 Å². The highest BCUT2D eigenvalue weighted by Gasteiger charge is 2.25. The number of hydrogen-bond acceptors (Lipinski definition) is 7. The van der Waals surface area contributed by atoms with Crippen LogP contribution >= 0.6 is 7.82 Å². The topological polar surface area (TPSA) is 117 Å². The van der Waals surface area contributed by atoms with Gasteiger partial charge in [-0.1, -0.05) is 180 Å². The lowest BCUT2D eigenvalue weighted by Crippen LogP contribution is -2.28. The van der Waals surface area contributed by atoms with Crippen LogP contribution in [0.2, 0.25) is 0 Å². The van der Waals surface area contributed by atoms with Gasteiger partial charge in [-0.25, -0.2) is 4.57 Å². The Bertz CT molecular complexity index is 797. The van der Waals surface area contributed by atoms with Crippen LogP contribution in [0.4, 0.5) is 0 Å². The molecule has 0 saturated carbocycles. The summed E-state index contributed by atoms with van der Waals surface area (Å²) in [6.45, 7) is 4.93. The normalized spacial score (nSPS) is 13.6. The van der Waals surface area contributed by atoms with E-state index in [-0.39, 0.29) is 32.3 Å². The molecule has 0 aromatic carbocycles. The van der Waals surface area contributed by atoms with Crippen LogP contribution in [0.3, 0.4) is 0 Å². The number of unbranched alkanes of at least 4 members (excludes halogenated alkanes) is 27. The Morgan fingerprint density at radius 3 is 1.45 bits per heavy atom. The lowest BCUT2D eigenvalue weighted by Gasteiger charge is -2.20. The molecule has 0 bridgehead atoms. The third-order valence-electron chi connectivity index (χ3n) is 9.43. The van der Waals surface area contributed by atoms with E-state index in [1.165, 1.54) is 161 Å². The highest BCUT2D eigenvalue weighted by molar-refractivity contribution is 7.47. The number of phosphoric ester groups is 1. The largest absolute Gasteiger partial charge is 0.472 e. The summed E-state index contributed by atoms with van der Waals surface area (Å²) < 4.78 is 33.4. The minimum atomic E-state index is -4.27. The second-order valence-corrected chi connectivity index (χ2v) is 16.0. The van der Waals surface area contributed by atoms with Crippen LogP contribution in [0.1, 0.15) is 213 Å². The minimum Gasteiger partial charge on any atom is -0.457 e. The number of phosphoric acid groups is 1. The molecule has 9 heteroatoms. The molecule has 2 atom stereocenters. The lowest BCUT2D eigenvalue weighted by molar-refractivity contribution is -0.154. The van der Waals surface area contributed by atoms with Gasteiger partial charge in [0.2, 0.25) is 0 Å². The molecule has 0 aliphatic heterocycles. The highest BCUT2D eigenvalue weighted by atomic mass is 31.2. The van der Waals surface area contributed by atoms with Crippen molar-refractivity contribution in [3.8, 4) is 0 Å². The molecular weight excluding hydrogens is 661 g/mol. The van der Waals surface area contributed by atoms with Crippen LogP contribution in [0.5, 0.6) is 0 Å². The van der Waals surface area contributed by atoms with Gasteiger partial charge in [0, 0.05) is 19.6 Å². The molecule has 8 nitrogen and oxygen atoms in total. The molecule has 0 aromatic rings. The summed E-state index contributed by atoms with van der Waals surface area (Å²) in [6, 6.07) is 0. The Labute approximate surface area is 315 Å². The SMILES string of the molecule is CCCCCC/C=C\CCCCCCCCOCC(COP(=O)(O)OCCN)OC(=O)CCCCCCCCCCCCCCCCCCCC. The average molecular weight is 746 g/mol. The molecule has 304 valence electrons. The first-order valence-electron chi connectivity index (χ1n) is 21.7. The maximum absolute atomic E-state index is 12.6. The van der Waals surface area contributed by atoms with E-state index in [1.54, 1.807) is 0 Å². The van der Waals surface area contributed by atoms with Gasteiger partial charge in [0.1, 0.15) is 6.10 Å². The third kappa shape index (κ3) is 40.3. The van der Waals surface area contributed by atoms with Crippen molar-refractivity contribution in [1.82, 2.24) is 0 Å². The number of ether oxygens (including phenoxy) is 2. The number of hydrogen-bond donors (Lipinski definition) is 2. The quantitative estimate of drug-likeness (QED) is 0.0274. The number of carbonyl (C=O) groups excluding carboxylic acids is 1. The predicted octanol–water partition coefficient (Wildman–Crippen LogP) is 12.7. The molecule has 0 aromatic heterocycles. The van der Waals surface area contributed by atoms with Crippen molar-refractivity contribution in [3.05, 3.63) is 12.2 Å². The molecule has 0 amide bonds. The number of esters is 1. The second kappa shape index (κ2) is 40.4. The first kappa shape index (κ1) is 50.2. The van der Waals surface area contributed by atoms with Crippen LogP contribution in [0.25, 0.3) is 0 Å². The van der Waals surface area contributed by atoms with Gasteiger partial charge in [-0.05, 0) is 38.5 Å². The predicted molar refractivity (Wildman–Crippen MR) is 215 cm³/mol. The molecule has 0 fully saturated rings. The average Bonchev–Trinajstić information content (AvgIpc) is 3.12. The standard InChI is InChI=1S/C42H84NO7P/c1-3-5-7-9-11-13-15-17-19-20-21-22-23-25-27-29-31-33-35-42(44)50-41(40-49-51(45,46)48-38-36-43)39-47-37-34-32-30-28-26-24-18-16-14-12-10-8-6-4-2/h14,16,41H,3-13,15,17-40,43H2,1-2H3,(H,45,46)/b16-14-. The number of nitrogens with two attached hydrogens (primary N) is 1. The lowest BCUT2D eigenvalue weighted by atomic mass is 10.0. The van der Waals surface area contributed by atoms with E-state index >= 15 is 0 Å². The van der Waals surface area contributed by atoms with E-state index in [0.717, 1.165) is 32.1 Å². The molecule has 0 aliphatic carbocycles. The first-order chi connectivity index (χ1) is 24.9. The maximum atomic E-state index is 12.6. The van der Waals surface area contributed by atoms with Crippen LogP contribution in [-0.4, -0.2) is 49.9 Å². The zero-order valence-corrected chi connectivity index (χ0v) is 34.5. The molecule has 0 rings (SSSR count). The van der Waals surface area contributed by atoms with Crippen LogP contribution < -0.4 is 5.73 Å². The summed E-state index contributed by atoms with van der Waals surface area (Å²) >= 11 is 0. The Kier molecular flexibility index (Phi) is 39.8. The summed E-state index contributed by atoms with van der Waals surface area (Å²) in [6.07, 6.45) is 42.2. The van der Waals surface area contributed by atoms with Crippen LogP contribution in [-0.2, 0) is 27.9 Å². The molecule has 51 heavy (non-hydrogen) atoms. The molecule has 0 heterocycles. The van der Waals surface area contributed by atoms with Gasteiger partial charge in [-0.15, -0.1) is 0 Å². The van der Waals surface area contributed by atoms with Crippen molar-refractivity contribution < 1.29 is 32.8 Å². The van der Waals surface area contributed by atoms with Gasteiger partial charge >= 0.3 is 13.8 Å². The number of carbonyl (C=O) groups is 1. The summed E-state index contributed by atoms with van der Waals surface area (Å²) in [7, 11) is -4.27. The summed E-state index contributed by atoms with van der Waals surface area (Å²) in [4.78, 5) is 22.5. The summed E-state index contributed by atoms with van der Waals surface area (Å²) in [5.74, 6) is -0.328. The monoisotopic (exact) mass is 746 g/mol. The number of rotatable bonds is 42. The van der Waals surface area contributed by atoms with E-state index < -0.39 is 13.9 Å². The third-order valence-corrected chi connectivity index (χ3v) is 10.4. The Morgan fingerprint density at radius 2 is 0.980 bits per heavy atom. The smallest absolute Gasteiger partial charge is 0.457 e. The summed E-state index contributed by atoms with van der Waals surface area (Å²) in [5, 5.41) is 0. The van der Waals surface area contributed by atoms with Gasteiger partial charge in [-0.2, -0.15) is 0 Å². The van der Waals surface area contributed by atoms with Gasteiger partial charge in [0.25, 0.3) is 0 Å². The Morgan fingerprint density at radius 1 is 0.569 bits per heavy atom. The van der Waals surface area contributed by atoms with Crippen molar-refractivity contribution in [3.63, 3.8) is 0 Å². The molecular formula is C42H84NO7P. The van der Waals surface area contributed by atoms with E-state index in [0.29, 0.717) is 13.0 Å². The first-order valence-corrected chi connectivity index (χ1v) is 23.2. The van der Waals surface area contributed by atoms with Crippen molar-refractivity contribution in [2.75, 3.05) is 33.0 Å². The molecule has 3 N–H and O–H groups in total. The van der Waals surface area contributed by atoms with Crippen LogP contribution in [0, 0.1) is 0 Å². The molecule has 0 spiro atoms. The fourth-order valence-corrected chi connectivity index (χ4v) is 6.99. The molecule has 0 aliphatic rings. The van der Waals surface area contributed by atoms with Crippen molar-refractivity contribution in [1.29, 1.82) is 0 Å². The zero-order chi connectivity index (χ0) is 37.4. The van der Waals surface area contributed by atoms with Gasteiger partial charge in [0.05, 0.1) is 19.8 Å². The van der Waals surface area contributed by atoms with Crippen molar-refractivity contribution in [2.45, 2.75) is 219 Å². The fraction of sp³-hybridized carbons (Fsp3) is 0.929. The number of allylic oxidation sites excluding steroid dienone is 2. The van der Waals surface area contributed by atoms with Crippen molar-refractivity contribution >= 4 is 13.8 Å². The minimum absolute atomic E-state index is 0.0933. The second-order valence-electron chi connectivity index (χ2n) is 14.6. The Balaban J connectivity index is 3.99. The highest BCUT2D eigenvalue weighted by Crippen LogP contribution is 2.43. The van der Waals surface area contributed by atoms with Crippen LogP contribution in [0.15, 0.2) is 12.2 Å². The van der Waals surface area contributed by atoms with Gasteiger partial charge in [-0.3, -0.25) is 13.8 Å². The zero-order valence-electron chi connectivity index (χ0n) is 33.6. The fourth-order valence-electron chi connectivity index (χ4n) is 6.23. The molecule has 0 radical (unpaired) electrons. The maximum Gasteiger partial charge on any atom is 0.472 e. The summed E-state index contributed by atoms with van der Waals surface area (Å²) in [5.41, 5.74) is 5.37.